The van der Waals surface area contributed by atoms with Gasteiger partial charge in [-0.2, -0.15) is 0 Å². The van der Waals surface area contributed by atoms with E-state index in [9.17, 15) is 9.59 Å². The maximum Gasteiger partial charge on any atom is 0.272 e. The van der Waals surface area contributed by atoms with Gasteiger partial charge >= 0.3 is 0 Å². The molecule has 1 aromatic carbocycles. The highest BCUT2D eigenvalue weighted by molar-refractivity contribution is 5.85. The van der Waals surface area contributed by atoms with Crippen LogP contribution in [0.4, 0.5) is 0 Å². The molecule has 2 heterocycles. The molecule has 0 amide bonds. The number of hydrogen-bond acceptors (Lipinski definition) is 3. The summed E-state index contributed by atoms with van der Waals surface area (Å²) in [5.74, 6) is 0. The van der Waals surface area contributed by atoms with E-state index in [-0.39, 0.29) is 39.6 Å². The quantitative estimate of drug-likeness (QED) is 0.630. The molecule has 0 fully saturated rings. The van der Waals surface area contributed by atoms with Crippen LogP contribution < -0.4 is 21.8 Å². The molecule has 3 rings (SSSR count). The van der Waals surface area contributed by atoms with Gasteiger partial charge in [-0.05, 0) is 17.7 Å². The van der Waals surface area contributed by atoms with E-state index in [1.807, 2.05) is 51.1 Å². The number of nitrogens with zero attached hydrogens (tertiary/aromatic N) is 1. The fourth-order valence-corrected chi connectivity index (χ4v) is 2.56. The summed E-state index contributed by atoms with van der Waals surface area (Å²) in [6.07, 6.45) is 4.80. The third-order valence-electron chi connectivity index (χ3n) is 3.80. The third-order valence-corrected chi connectivity index (χ3v) is 3.80. The maximum absolute atomic E-state index is 12.4. The Labute approximate surface area is 156 Å². The van der Waals surface area contributed by atoms with E-state index in [1.165, 1.54) is 0 Å². The largest absolute Gasteiger partial charge is 0.348 e. The minimum Gasteiger partial charge on any atom is -0.348 e. The molecular formula is C19H21ClN4O2. The molecule has 0 bridgehead atoms. The number of imidazole rings is 1. The topological polar surface area (TPSA) is 94.4 Å². The Bertz CT molecular complexity index is 1120. The van der Waals surface area contributed by atoms with Crippen LogP contribution in [0, 0.1) is 0 Å². The van der Waals surface area contributed by atoms with Crippen LogP contribution in [0.15, 0.2) is 46.2 Å². The van der Waals surface area contributed by atoms with Crippen LogP contribution in [-0.2, 0) is 5.41 Å². The molecule has 0 unspecified atom stereocenters. The van der Waals surface area contributed by atoms with Crippen LogP contribution >= 0.6 is 12.4 Å². The minimum atomic E-state index is -0.371. The summed E-state index contributed by atoms with van der Waals surface area (Å²) in [7, 11) is 0. The zero-order valence-electron chi connectivity index (χ0n) is 14.8. The Morgan fingerprint density at radius 1 is 0.923 bits per heavy atom. The van der Waals surface area contributed by atoms with Crippen molar-refractivity contribution in [1.29, 1.82) is 0 Å². The molecule has 3 N–H and O–H groups in total. The van der Waals surface area contributed by atoms with Crippen molar-refractivity contribution in [2.24, 2.45) is 0 Å². The summed E-state index contributed by atoms with van der Waals surface area (Å²) >= 11 is 0. The summed E-state index contributed by atoms with van der Waals surface area (Å²) in [6, 6.07) is 9.34. The summed E-state index contributed by atoms with van der Waals surface area (Å²) in [5.41, 5.74) is 1.48. The summed E-state index contributed by atoms with van der Waals surface area (Å²) < 4.78 is 0. The molecular weight excluding hydrogens is 352 g/mol. The standard InChI is InChI=1S/C19H20N4O2.ClH/c1-19(2,3)16-13(20-11-21-16)10-15-18(25)22-14(17(24)23-15)9-12-7-5-4-6-8-12;/h4-11H,1-3H3,(H,20,21)(H,22,25)(H,23,24);1H. The lowest BCUT2D eigenvalue weighted by molar-refractivity contribution is 0.571. The van der Waals surface area contributed by atoms with Crippen LogP contribution in [0.5, 0.6) is 0 Å². The minimum absolute atomic E-state index is 0. The highest BCUT2D eigenvalue weighted by atomic mass is 35.5. The summed E-state index contributed by atoms with van der Waals surface area (Å²) in [6.45, 7) is 6.13. The lowest BCUT2D eigenvalue weighted by atomic mass is 9.90. The van der Waals surface area contributed by atoms with E-state index in [4.69, 9.17) is 0 Å². The molecule has 0 radical (unpaired) electrons. The van der Waals surface area contributed by atoms with Crippen LogP contribution in [0.1, 0.15) is 37.7 Å². The van der Waals surface area contributed by atoms with Gasteiger partial charge in [0.25, 0.3) is 11.1 Å². The van der Waals surface area contributed by atoms with Crippen LogP contribution in [0.2, 0.25) is 0 Å². The van der Waals surface area contributed by atoms with E-state index in [2.05, 4.69) is 19.9 Å². The van der Waals surface area contributed by atoms with Crippen molar-refractivity contribution in [2.75, 3.05) is 0 Å². The molecule has 136 valence electrons. The van der Waals surface area contributed by atoms with Gasteiger partial charge in [0.05, 0.1) is 12.0 Å². The number of nitrogens with one attached hydrogen (secondary N) is 3. The Kier molecular flexibility index (Phi) is 5.67. The first-order chi connectivity index (χ1) is 11.8. The summed E-state index contributed by atoms with van der Waals surface area (Å²) in [4.78, 5) is 37.3. The second-order valence-electron chi connectivity index (χ2n) is 6.85. The highest BCUT2D eigenvalue weighted by Gasteiger charge is 2.19. The molecule has 0 spiro atoms. The number of halogens is 1. The average Bonchev–Trinajstić information content (AvgIpc) is 3.02. The smallest absolute Gasteiger partial charge is 0.272 e. The van der Waals surface area contributed by atoms with Gasteiger partial charge in [-0.25, -0.2) is 4.98 Å². The van der Waals surface area contributed by atoms with E-state index in [0.29, 0.717) is 5.69 Å². The van der Waals surface area contributed by atoms with Crippen LogP contribution in [-0.4, -0.2) is 19.9 Å². The van der Waals surface area contributed by atoms with Crippen molar-refractivity contribution in [2.45, 2.75) is 26.2 Å². The van der Waals surface area contributed by atoms with Crippen LogP contribution in [0.3, 0.4) is 0 Å². The van der Waals surface area contributed by atoms with Gasteiger partial charge in [0.1, 0.15) is 10.7 Å². The highest BCUT2D eigenvalue weighted by Crippen LogP contribution is 2.22. The van der Waals surface area contributed by atoms with E-state index >= 15 is 0 Å². The molecule has 0 aliphatic carbocycles. The first-order valence-corrected chi connectivity index (χ1v) is 7.99. The van der Waals surface area contributed by atoms with Crippen molar-refractivity contribution in [1.82, 2.24) is 19.9 Å². The lowest BCUT2D eigenvalue weighted by Crippen LogP contribution is -2.46. The molecule has 3 aromatic rings. The van der Waals surface area contributed by atoms with Gasteiger partial charge < -0.3 is 15.0 Å². The Hall–Kier alpha value is -2.86. The number of aromatic amines is 3. The predicted octanol–water partition coefficient (Wildman–Crippen LogP) is 1.16. The van der Waals surface area contributed by atoms with Gasteiger partial charge in [-0.3, -0.25) is 9.59 Å². The zero-order valence-corrected chi connectivity index (χ0v) is 15.6. The average molecular weight is 373 g/mol. The lowest BCUT2D eigenvalue weighted by Gasteiger charge is -2.16. The fraction of sp³-hybridized carbons (Fsp3) is 0.211. The molecule has 0 saturated carbocycles. The first-order valence-electron chi connectivity index (χ1n) is 7.99. The maximum atomic E-state index is 12.4. The Morgan fingerprint density at radius 2 is 1.50 bits per heavy atom. The second-order valence-corrected chi connectivity index (χ2v) is 6.85. The number of benzene rings is 1. The third kappa shape index (κ3) is 4.21. The SMILES string of the molecule is CC(C)(C)c1[nH]cnc1C=c1[nH]c(=O)c(=Cc2ccccc2)[nH]c1=O.Cl. The second kappa shape index (κ2) is 7.58. The van der Waals surface area contributed by atoms with E-state index < -0.39 is 0 Å². The molecule has 0 atom stereocenters. The molecule has 2 aromatic heterocycles. The van der Waals surface area contributed by atoms with Gasteiger partial charge in [0, 0.05) is 11.1 Å². The molecule has 26 heavy (non-hydrogen) atoms. The fourth-order valence-electron chi connectivity index (χ4n) is 2.56. The number of H-pyrrole nitrogens is 3. The first kappa shape index (κ1) is 19.5. The molecule has 6 nitrogen and oxygen atoms in total. The van der Waals surface area contributed by atoms with Gasteiger partial charge in [0.2, 0.25) is 0 Å². The Morgan fingerprint density at radius 3 is 2.08 bits per heavy atom. The van der Waals surface area contributed by atoms with Crippen molar-refractivity contribution < 1.29 is 0 Å². The number of hydrogen-bond donors (Lipinski definition) is 3. The molecule has 7 heteroatoms. The van der Waals surface area contributed by atoms with Crippen molar-refractivity contribution in [3.63, 3.8) is 0 Å². The van der Waals surface area contributed by atoms with Gasteiger partial charge in [-0.1, -0.05) is 51.1 Å². The summed E-state index contributed by atoms with van der Waals surface area (Å²) in [5, 5.41) is 0.388. The number of aromatic nitrogens is 4. The van der Waals surface area contributed by atoms with Crippen LogP contribution in [0.25, 0.3) is 12.2 Å². The van der Waals surface area contributed by atoms with Gasteiger partial charge in [-0.15, -0.1) is 12.4 Å². The van der Waals surface area contributed by atoms with Crippen molar-refractivity contribution in [3.8, 4) is 0 Å². The normalized spacial score (nSPS) is 12.9. The molecule has 0 aliphatic rings. The molecule has 0 saturated heterocycles. The van der Waals surface area contributed by atoms with Crippen molar-refractivity contribution >= 4 is 24.6 Å². The predicted molar refractivity (Wildman–Crippen MR) is 105 cm³/mol. The van der Waals surface area contributed by atoms with Gasteiger partial charge in [0.15, 0.2) is 0 Å². The van der Waals surface area contributed by atoms with E-state index in [0.717, 1.165) is 11.3 Å². The zero-order chi connectivity index (χ0) is 18.0. The van der Waals surface area contributed by atoms with E-state index in [1.54, 1.807) is 18.5 Å². The van der Waals surface area contributed by atoms with Crippen molar-refractivity contribution in [3.05, 3.63) is 85.0 Å². The molecule has 0 aliphatic heterocycles. The monoisotopic (exact) mass is 372 g/mol. The number of rotatable bonds is 2. The Balaban J connectivity index is 0.00000243.